The number of aryl methyl sites for hydroxylation is 2. The van der Waals surface area contributed by atoms with Crippen LogP contribution < -0.4 is 5.32 Å². The third-order valence-electron chi connectivity index (χ3n) is 3.19. The van der Waals surface area contributed by atoms with Crippen LogP contribution in [-0.2, 0) is 14.3 Å². The van der Waals surface area contributed by atoms with Gasteiger partial charge in [0.25, 0.3) is 5.91 Å². The number of ether oxygens (including phenoxy) is 1. The molecule has 1 fully saturated rings. The molecule has 0 aliphatic heterocycles. The Balaban J connectivity index is 1.96. The highest BCUT2D eigenvalue weighted by molar-refractivity contribution is 8.03. The van der Waals surface area contributed by atoms with Crippen LogP contribution in [0, 0.1) is 30.4 Å². The van der Waals surface area contributed by atoms with Gasteiger partial charge in [0.1, 0.15) is 5.40 Å². The molecule has 1 aliphatic carbocycles. The minimum Gasteiger partial charge on any atom is -0.455 e. The van der Waals surface area contributed by atoms with E-state index in [2.05, 4.69) is 5.32 Å². The van der Waals surface area contributed by atoms with E-state index in [4.69, 9.17) is 10.00 Å². The summed E-state index contributed by atoms with van der Waals surface area (Å²) >= 11 is 1.08. The molecule has 1 amide bonds. The smallest absolute Gasteiger partial charge is 0.309 e. The van der Waals surface area contributed by atoms with Crippen molar-refractivity contribution in [2.45, 2.75) is 31.6 Å². The zero-order valence-electron chi connectivity index (χ0n) is 11.9. The van der Waals surface area contributed by atoms with Gasteiger partial charge >= 0.3 is 5.97 Å². The molecule has 0 bridgehead atoms. The Morgan fingerprint density at radius 1 is 1.38 bits per heavy atom. The van der Waals surface area contributed by atoms with Gasteiger partial charge in [-0.2, -0.15) is 5.26 Å². The first-order chi connectivity index (χ1) is 10.0. The number of amides is 1. The van der Waals surface area contributed by atoms with Crippen LogP contribution in [0.5, 0.6) is 0 Å². The molecule has 0 spiro atoms. The lowest BCUT2D eigenvalue weighted by Crippen LogP contribution is -2.22. The van der Waals surface area contributed by atoms with Crippen molar-refractivity contribution >= 4 is 29.3 Å². The number of nitrogens with zero attached hydrogens (tertiary/aromatic N) is 1. The molecule has 21 heavy (non-hydrogen) atoms. The van der Waals surface area contributed by atoms with Crippen LogP contribution >= 0.6 is 11.8 Å². The van der Waals surface area contributed by atoms with Crippen LogP contribution in [0.15, 0.2) is 17.0 Å². The first-order valence-corrected chi connectivity index (χ1v) is 7.46. The molecule has 0 heterocycles. The first kappa shape index (κ1) is 15.4. The fourth-order valence-corrected chi connectivity index (χ4v) is 2.56. The number of thiocyanates is 1. The molecule has 6 heteroatoms. The maximum absolute atomic E-state index is 11.8. The fraction of sp³-hybridized carbons (Fsp3) is 0.400. The number of hydrogen-bond acceptors (Lipinski definition) is 5. The molecular formula is C15H16N2O3S. The summed E-state index contributed by atoms with van der Waals surface area (Å²) in [4.78, 5) is 24.0. The van der Waals surface area contributed by atoms with Crippen molar-refractivity contribution in [2.75, 3.05) is 11.9 Å². The highest BCUT2D eigenvalue weighted by Gasteiger charge is 2.31. The Hall–Kier alpha value is -2.00. The highest BCUT2D eigenvalue weighted by atomic mass is 32.2. The topological polar surface area (TPSA) is 79.2 Å². The summed E-state index contributed by atoms with van der Waals surface area (Å²) in [5.41, 5.74) is 2.44. The van der Waals surface area contributed by atoms with E-state index in [0.29, 0.717) is 5.69 Å². The maximum Gasteiger partial charge on any atom is 0.309 e. The van der Waals surface area contributed by atoms with Gasteiger partial charge < -0.3 is 10.1 Å². The number of nitriles is 1. The van der Waals surface area contributed by atoms with E-state index in [1.807, 2.05) is 31.4 Å². The van der Waals surface area contributed by atoms with E-state index in [1.54, 1.807) is 0 Å². The largest absolute Gasteiger partial charge is 0.455 e. The van der Waals surface area contributed by atoms with Crippen LogP contribution in [0.3, 0.4) is 0 Å². The van der Waals surface area contributed by atoms with E-state index in [9.17, 15) is 9.59 Å². The molecule has 110 valence electrons. The monoisotopic (exact) mass is 304 g/mol. The summed E-state index contributed by atoms with van der Waals surface area (Å²) in [6, 6.07) is 3.68. The quantitative estimate of drug-likeness (QED) is 0.514. The summed E-state index contributed by atoms with van der Waals surface area (Å²) in [6.07, 6.45) is 1.72. The minimum absolute atomic E-state index is 0.0106. The van der Waals surface area contributed by atoms with Crippen molar-refractivity contribution in [1.82, 2.24) is 0 Å². The molecule has 1 N–H and O–H groups in total. The number of esters is 1. The van der Waals surface area contributed by atoms with Gasteiger partial charge in [-0.3, -0.25) is 9.59 Å². The number of carbonyl (C=O) groups excluding carboxylic acids is 2. The minimum atomic E-state index is -0.351. The number of benzene rings is 1. The predicted molar refractivity (Wildman–Crippen MR) is 79.7 cm³/mol. The summed E-state index contributed by atoms with van der Waals surface area (Å²) in [7, 11) is 0. The fourth-order valence-electron chi connectivity index (χ4n) is 1.98. The zero-order chi connectivity index (χ0) is 15.4. The number of nitrogens with one attached hydrogen (secondary N) is 1. The Bertz CT molecular complexity index is 595. The number of anilines is 1. The van der Waals surface area contributed by atoms with Crippen molar-refractivity contribution < 1.29 is 14.3 Å². The molecular weight excluding hydrogens is 288 g/mol. The van der Waals surface area contributed by atoms with Crippen LogP contribution in [0.1, 0.15) is 24.0 Å². The number of rotatable bonds is 5. The third kappa shape index (κ3) is 4.23. The normalized spacial score (nSPS) is 13.4. The van der Waals surface area contributed by atoms with Crippen molar-refractivity contribution in [3.05, 3.63) is 23.3 Å². The molecule has 0 aromatic heterocycles. The molecule has 1 aromatic carbocycles. The van der Waals surface area contributed by atoms with Crippen LogP contribution in [0.25, 0.3) is 0 Å². The van der Waals surface area contributed by atoms with E-state index < -0.39 is 0 Å². The first-order valence-electron chi connectivity index (χ1n) is 6.65. The maximum atomic E-state index is 11.8. The number of carbonyl (C=O) groups is 2. The zero-order valence-corrected chi connectivity index (χ0v) is 12.8. The van der Waals surface area contributed by atoms with Crippen molar-refractivity contribution in [2.24, 2.45) is 5.92 Å². The second-order valence-electron chi connectivity index (χ2n) is 5.06. The molecule has 0 atom stereocenters. The second kappa shape index (κ2) is 6.64. The molecule has 1 aromatic rings. The summed E-state index contributed by atoms with van der Waals surface area (Å²) in [5, 5.41) is 13.5. The molecule has 1 aliphatic rings. The lowest BCUT2D eigenvalue weighted by atomic mass is 10.1. The molecule has 5 nitrogen and oxygen atoms in total. The van der Waals surface area contributed by atoms with Crippen LogP contribution in [0.4, 0.5) is 5.69 Å². The summed E-state index contributed by atoms with van der Waals surface area (Å²) in [6.45, 7) is 3.46. The lowest BCUT2D eigenvalue weighted by Gasteiger charge is -2.13. The van der Waals surface area contributed by atoms with Gasteiger partial charge in [0.15, 0.2) is 6.61 Å². The van der Waals surface area contributed by atoms with Crippen molar-refractivity contribution in [3.8, 4) is 5.40 Å². The standard InChI is InChI=1S/C15H16N2O3S/c1-9-5-12(21-8-16)6-10(2)14(9)17-13(18)7-20-15(19)11-3-4-11/h5-6,11H,3-4,7H2,1-2H3,(H,17,18). The van der Waals surface area contributed by atoms with Gasteiger partial charge in [-0.1, -0.05) is 0 Å². The Labute approximate surface area is 127 Å². The Morgan fingerprint density at radius 2 is 2.00 bits per heavy atom. The molecule has 2 rings (SSSR count). The Morgan fingerprint density at radius 3 is 2.52 bits per heavy atom. The average Bonchev–Trinajstić information content (AvgIpc) is 3.25. The van der Waals surface area contributed by atoms with E-state index in [0.717, 1.165) is 40.6 Å². The van der Waals surface area contributed by atoms with Gasteiger partial charge in [0.05, 0.1) is 5.92 Å². The van der Waals surface area contributed by atoms with Gasteiger partial charge in [0.2, 0.25) is 0 Å². The van der Waals surface area contributed by atoms with E-state index in [-0.39, 0.29) is 24.4 Å². The second-order valence-corrected chi connectivity index (χ2v) is 5.91. The molecule has 1 saturated carbocycles. The highest BCUT2D eigenvalue weighted by Crippen LogP contribution is 2.30. The molecule has 0 radical (unpaired) electrons. The van der Waals surface area contributed by atoms with Gasteiger partial charge in [-0.05, 0) is 61.7 Å². The summed E-state index contributed by atoms with van der Waals surface area (Å²) in [5.74, 6) is -0.654. The lowest BCUT2D eigenvalue weighted by molar-refractivity contribution is -0.148. The number of thioether (sulfide) groups is 1. The van der Waals surface area contributed by atoms with Gasteiger partial charge in [-0.15, -0.1) is 0 Å². The van der Waals surface area contributed by atoms with Crippen molar-refractivity contribution in [3.63, 3.8) is 0 Å². The number of hydrogen-bond donors (Lipinski definition) is 1. The average molecular weight is 304 g/mol. The predicted octanol–water partition coefficient (Wildman–Crippen LogP) is 2.77. The van der Waals surface area contributed by atoms with Crippen LogP contribution in [-0.4, -0.2) is 18.5 Å². The Kier molecular flexibility index (Phi) is 4.86. The van der Waals surface area contributed by atoms with Crippen molar-refractivity contribution in [1.29, 1.82) is 5.26 Å². The van der Waals surface area contributed by atoms with Crippen LogP contribution in [0.2, 0.25) is 0 Å². The van der Waals surface area contributed by atoms with E-state index in [1.165, 1.54) is 0 Å². The van der Waals surface area contributed by atoms with E-state index >= 15 is 0 Å². The van der Waals surface area contributed by atoms with Gasteiger partial charge in [0, 0.05) is 10.6 Å². The molecule has 0 saturated heterocycles. The third-order valence-corrected chi connectivity index (χ3v) is 3.75. The SMILES string of the molecule is Cc1cc(SC#N)cc(C)c1NC(=O)COC(=O)C1CC1. The van der Waals surface area contributed by atoms with Gasteiger partial charge in [-0.25, -0.2) is 0 Å². The summed E-state index contributed by atoms with van der Waals surface area (Å²) < 4.78 is 4.94. The molecule has 0 unspecified atom stereocenters.